The second-order valence-electron chi connectivity index (χ2n) is 11.6. The molecule has 0 saturated heterocycles. The van der Waals surface area contributed by atoms with Gasteiger partial charge in [-0.15, -0.1) is 0 Å². The van der Waals surface area contributed by atoms with Gasteiger partial charge in [0.05, 0.1) is 11.4 Å². The number of hydrogen-bond acceptors (Lipinski definition) is 5. The fraction of sp³-hybridized carbons (Fsp3) is 0. The van der Waals surface area contributed by atoms with Crippen molar-refractivity contribution >= 4 is 27.8 Å². The molecule has 8 rings (SSSR count). The number of nitrogens with zero attached hydrogens (tertiary/aromatic N) is 3. The van der Waals surface area contributed by atoms with E-state index in [9.17, 15) is 0 Å². The van der Waals surface area contributed by atoms with E-state index in [1.54, 1.807) is 0 Å². The topological polar surface area (TPSA) is 76.7 Å². The first-order valence-corrected chi connectivity index (χ1v) is 15.9. The lowest BCUT2D eigenvalue weighted by atomic mass is 9.92. The highest BCUT2D eigenvalue weighted by atomic mass is 15.0. The number of nitrogens with two attached hydrogens (primary N) is 1. The molecule has 0 radical (unpaired) electrons. The van der Waals surface area contributed by atoms with Gasteiger partial charge in [0.2, 0.25) is 0 Å². The first kappa shape index (κ1) is 28.9. The van der Waals surface area contributed by atoms with Crippen molar-refractivity contribution in [3.63, 3.8) is 0 Å². The van der Waals surface area contributed by atoms with E-state index in [1.165, 1.54) is 21.9 Å². The van der Waals surface area contributed by atoms with Crippen LogP contribution in [0.4, 0.5) is 17.1 Å². The first-order chi connectivity index (χ1) is 23.7. The average Bonchev–Trinajstić information content (AvgIpc) is 3.16. The third-order valence-electron chi connectivity index (χ3n) is 8.51. The lowest BCUT2D eigenvalue weighted by molar-refractivity contribution is 1.07. The van der Waals surface area contributed by atoms with Crippen LogP contribution in [0, 0.1) is 0 Å². The van der Waals surface area contributed by atoms with Crippen molar-refractivity contribution < 1.29 is 0 Å². The molecule has 0 fully saturated rings. The van der Waals surface area contributed by atoms with Crippen LogP contribution in [0.3, 0.4) is 0 Å². The van der Waals surface area contributed by atoms with Crippen LogP contribution in [-0.2, 0) is 0 Å². The standard InChI is InChI=1S/C43H31N5/c44-39-19-7-8-20-40(39)45-34-27-25-30(26-28-34)36-16-10-17-37-35(15-9-18-38(36)37)29-21-23-33(24-22-29)43-47-41(31-11-3-1-4-12-31)46-42(48-43)32-13-5-2-6-14-32/h1-28,45H,44H2. The molecule has 8 aromatic rings. The van der Waals surface area contributed by atoms with E-state index in [0.29, 0.717) is 17.5 Å². The molecule has 0 unspecified atom stereocenters. The Kier molecular flexibility index (Phi) is 7.61. The van der Waals surface area contributed by atoms with Crippen molar-refractivity contribution in [3.05, 3.63) is 170 Å². The summed E-state index contributed by atoms with van der Waals surface area (Å²) >= 11 is 0. The summed E-state index contributed by atoms with van der Waals surface area (Å²) in [5.74, 6) is 1.94. The largest absolute Gasteiger partial charge is 0.397 e. The zero-order valence-electron chi connectivity index (χ0n) is 26.1. The van der Waals surface area contributed by atoms with E-state index >= 15 is 0 Å². The summed E-state index contributed by atoms with van der Waals surface area (Å²) < 4.78 is 0. The zero-order valence-corrected chi connectivity index (χ0v) is 26.1. The lowest BCUT2D eigenvalue weighted by Crippen LogP contribution is -2.00. The third-order valence-corrected chi connectivity index (χ3v) is 8.51. The van der Waals surface area contributed by atoms with Gasteiger partial charge in [0.1, 0.15) is 0 Å². The van der Waals surface area contributed by atoms with Crippen LogP contribution in [0.15, 0.2) is 170 Å². The zero-order chi connectivity index (χ0) is 32.3. The van der Waals surface area contributed by atoms with Gasteiger partial charge in [-0.2, -0.15) is 0 Å². The minimum atomic E-state index is 0.641. The second-order valence-corrected chi connectivity index (χ2v) is 11.6. The van der Waals surface area contributed by atoms with Crippen LogP contribution >= 0.6 is 0 Å². The van der Waals surface area contributed by atoms with Gasteiger partial charge in [0, 0.05) is 22.4 Å². The van der Waals surface area contributed by atoms with Gasteiger partial charge in [0.25, 0.3) is 0 Å². The summed E-state index contributed by atoms with van der Waals surface area (Å²) in [5.41, 5.74) is 16.2. The average molecular weight is 618 g/mol. The van der Waals surface area contributed by atoms with Gasteiger partial charge >= 0.3 is 0 Å². The molecule has 48 heavy (non-hydrogen) atoms. The van der Waals surface area contributed by atoms with Crippen LogP contribution in [0.25, 0.3) is 67.2 Å². The Bertz CT molecular complexity index is 2290. The predicted molar refractivity (Wildman–Crippen MR) is 199 cm³/mol. The molecule has 1 heterocycles. The monoisotopic (exact) mass is 617 g/mol. The van der Waals surface area contributed by atoms with Gasteiger partial charge in [-0.1, -0.05) is 146 Å². The summed E-state index contributed by atoms with van der Waals surface area (Å²) in [5, 5.41) is 5.81. The van der Waals surface area contributed by atoms with Crippen molar-refractivity contribution in [1.29, 1.82) is 0 Å². The second kappa shape index (κ2) is 12.7. The summed E-state index contributed by atoms with van der Waals surface area (Å²) in [6.45, 7) is 0. The van der Waals surface area contributed by atoms with E-state index in [1.807, 2.05) is 84.9 Å². The maximum absolute atomic E-state index is 6.14. The van der Waals surface area contributed by atoms with Crippen LogP contribution in [-0.4, -0.2) is 15.0 Å². The van der Waals surface area contributed by atoms with Gasteiger partial charge in [-0.25, -0.2) is 15.0 Å². The van der Waals surface area contributed by atoms with Crippen LogP contribution < -0.4 is 11.1 Å². The molecular formula is C43H31N5. The number of aromatic nitrogens is 3. The van der Waals surface area contributed by atoms with Crippen LogP contribution in [0.1, 0.15) is 0 Å². The molecule has 0 aliphatic rings. The SMILES string of the molecule is Nc1ccccc1Nc1ccc(-c2cccc3c(-c4ccc(-c5nc(-c6ccccc6)nc(-c6ccccc6)n5)cc4)cccc23)cc1. The van der Waals surface area contributed by atoms with E-state index in [-0.39, 0.29) is 0 Å². The third kappa shape index (κ3) is 5.77. The highest BCUT2D eigenvalue weighted by Gasteiger charge is 2.13. The molecule has 1 aromatic heterocycles. The molecule has 0 saturated carbocycles. The lowest BCUT2D eigenvalue weighted by Gasteiger charge is -2.13. The first-order valence-electron chi connectivity index (χ1n) is 15.9. The summed E-state index contributed by atoms with van der Waals surface area (Å²) in [6.07, 6.45) is 0. The quantitative estimate of drug-likeness (QED) is 0.174. The Labute approximate surface area is 279 Å². The van der Waals surface area contributed by atoms with Gasteiger partial charge in [-0.3, -0.25) is 0 Å². The number of fused-ring (bicyclic) bond motifs is 1. The highest BCUT2D eigenvalue weighted by Crippen LogP contribution is 2.36. The number of nitrogen functional groups attached to an aromatic ring is 1. The maximum Gasteiger partial charge on any atom is 0.164 e. The number of rotatable bonds is 7. The number of benzene rings is 7. The van der Waals surface area contributed by atoms with E-state index in [4.69, 9.17) is 20.7 Å². The molecule has 7 aromatic carbocycles. The van der Waals surface area contributed by atoms with E-state index < -0.39 is 0 Å². The minimum Gasteiger partial charge on any atom is -0.397 e. The Balaban J connectivity index is 1.13. The fourth-order valence-corrected chi connectivity index (χ4v) is 6.05. The molecule has 0 aliphatic heterocycles. The number of anilines is 3. The van der Waals surface area contributed by atoms with Gasteiger partial charge < -0.3 is 11.1 Å². The van der Waals surface area contributed by atoms with E-state index in [2.05, 4.69) is 90.2 Å². The van der Waals surface area contributed by atoms with Crippen LogP contribution in [0.2, 0.25) is 0 Å². The Morgan fingerprint density at radius 2 is 0.771 bits per heavy atom. The summed E-state index contributed by atoms with van der Waals surface area (Å²) in [7, 11) is 0. The van der Waals surface area contributed by atoms with Crippen molar-refractivity contribution in [2.45, 2.75) is 0 Å². The summed E-state index contributed by atoms with van der Waals surface area (Å²) in [4.78, 5) is 14.6. The molecule has 5 heteroatoms. The van der Waals surface area contributed by atoms with E-state index in [0.717, 1.165) is 44.9 Å². The number of nitrogens with one attached hydrogen (secondary N) is 1. The van der Waals surface area contributed by atoms with Gasteiger partial charge in [0.15, 0.2) is 17.5 Å². The molecule has 5 nitrogen and oxygen atoms in total. The number of hydrogen-bond donors (Lipinski definition) is 2. The maximum atomic E-state index is 6.14. The summed E-state index contributed by atoms with van der Waals surface area (Å²) in [6, 6.07) is 57.9. The molecule has 228 valence electrons. The van der Waals surface area contributed by atoms with Crippen molar-refractivity contribution in [3.8, 4) is 56.4 Å². The Morgan fingerprint density at radius 1 is 0.354 bits per heavy atom. The fourth-order valence-electron chi connectivity index (χ4n) is 6.05. The Morgan fingerprint density at radius 3 is 1.27 bits per heavy atom. The normalized spacial score (nSPS) is 11.0. The minimum absolute atomic E-state index is 0.641. The Hall–Kier alpha value is -6.59. The van der Waals surface area contributed by atoms with Crippen molar-refractivity contribution in [1.82, 2.24) is 15.0 Å². The molecule has 0 atom stereocenters. The van der Waals surface area contributed by atoms with Gasteiger partial charge in [-0.05, 0) is 57.3 Å². The predicted octanol–water partition coefficient (Wildman–Crippen LogP) is 10.7. The molecule has 0 bridgehead atoms. The smallest absolute Gasteiger partial charge is 0.164 e. The highest BCUT2D eigenvalue weighted by molar-refractivity contribution is 6.04. The molecule has 0 spiro atoms. The van der Waals surface area contributed by atoms with Crippen molar-refractivity contribution in [2.75, 3.05) is 11.1 Å². The van der Waals surface area contributed by atoms with Crippen LogP contribution in [0.5, 0.6) is 0 Å². The number of para-hydroxylation sites is 2. The van der Waals surface area contributed by atoms with Crippen molar-refractivity contribution in [2.24, 2.45) is 0 Å². The molecule has 0 aliphatic carbocycles. The molecular weight excluding hydrogens is 587 g/mol. The molecule has 0 amide bonds. The molecule has 3 N–H and O–H groups in total.